The van der Waals surface area contributed by atoms with Crippen molar-refractivity contribution in [1.29, 1.82) is 0 Å². The van der Waals surface area contributed by atoms with E-state index in [-0.39, 0.29) is 54.7 Å². The quantitative estimate of drug-likeness (QED) is 0.712. The molecule has 1 atom stereocenters. The van der Waals surface area contributed by atoms with Gasteiger partial charge in [0.2, 0.25) is 11.8 Å². The van der Waals surface area contributed by atoms with E-state index in [1.54, 1.807) is 31.2 Å². The van der Waals surface area contributed by atoms with Crippen LogP contribution in [0.5, 0.6) is 0 Å². The van der Waals surface area contributed by atoms with Crippen molar-refractivity contribution in [3.63, 3.8) is 0 Å². The summed E-state index contributed by atoms with van der Waals surface area (Å²) < 4.78 is 13.1. The number of nitrogens with zero attached hydrogens (tertiary/aromatic N) is 2. The molecule has 7 nitrogen and oxygen atoms in total. The average Bonchev–Trinajstić information content (AvgIpc) is 2.77. The number of hydrogen-bond donors (Lipinski definition) is 2. The van der Waals surface area contributed by atoms with Gasteiger partial charge < -0.3 is 10.6 Å². The van der Waals surface area contributed by atoms with Crippen LogP contribution in [0.3, 0.4) is 0 Å². The fraction of sp³-hybridized carbons (Fsp3) is 0.304. The summed E-state index contributed by atoms with van der Waals surface area (Å²) in [6, 6.07) is 12.8. The van der Waals surface area contributed by atoms with Crippen LogP contribution in [0, 0.1) is 5.82 Å². The molecule has 0 aliphatic carbocycles. The molecule has 1 unspecified atom stereocenters. The molecule has 0 fully saturated rings. The Kier molecular flexibility index (Phi) is 7.12. The molecule has 0 radical (unpaired) electrons. The summed E-state index contributed by atoms with van der Waals surface area (Å²) in [5.74, 6) is -0.942. The highest BCUT2D eigenvalue weighted by atomic mass is 19.1. The lowest BCUT2D eigenvalue weighted by molar-refractivity contribution is -0.132. The van der Waals surface area contributed by atoms with Crippen LogP contribution in [0.1, 0.15) is 50.3 Å². The molecule has 0 saturated heterocycles. The highest BCUT2D eigenvalue weighted by molar-refractivity contribution is 6.39. The standard InChI is InChI=1S/C23H25FN4O3/c1-3-21(29)26-19-10-6-17(7-11-19)15(2)25-23(31)20-12-13-22(30)28(27-20)14-16-4-8-18(24)9-5-16/h4-11,15H,3,12-14H2,1-2H3,(H,25,31)(H,26,29). The van der Waals surface area contributed by atoms with E-state index in [2.05, 4.69) is 15.7 Å². The van der Waals surface area contributed by atoms with E-state index >= 15 is 0 Å². The predicted molar refractivity (Wildman–Crippen MR) is 116 cm³/mol. The largest absolute Gasteiger partial charge is 0.344 e. The minimum absolute atomic E-state index is 0.0656. The Morgan fingerprint density at radius 1 is 1.10 bits per heavy atom. The normalized spacial score (nSPS) is 14.6. The maximum Gasteiger partial charge on any atom is 0.267 e. The van der Waals surface area contributed by atoms with Gasteiger partial charge in [-0.25, -0.2) is 9.40 Å². The van der Waals surface area contributed by atoms with Gasteiger partial charge in [0.05, 0.1) is 12.6 Å². The number of carbonyl (C=O) groups is 3. The number of anilines is 1. The Hall–Kier alpha value is -3.55. The van der Waals surface area contributed by atoms with E-state index in [1.807, 2.05) is 19.1 Å². The predicted octanol–water partition coefficient (Wildman–Crippen LogP) is 3.53. The third-order valence-electron chi connectivity index (χ3n) is 4.98. The van der Waals surface area contributed by atoms with Crippen molar-refractivity contribution in [3.05, 3.63) is 65.5 Å². The molecule has 162 valence electrons. The zero-order chi connectivity index (χ0) is 22.4. The summed E-state index contributed by atoms with van der Waals surface area (Å²) in [6.07, 6.45) is 0.851. The fourth-order valence-electron chi connectivity index (χ4n) is 3.12. The van der Waals surface area contributed by atoms with Gasteiger partial charge in [-0.05, 0) is 42.3 Å². The first-order valence-electron chi connectivity index (χ1n) is 10.2. The maximum absolute atomic E-state index is 13.1. The molecule has 8 heteroatoms. The molecule has 2 N–H and O–H groups in total. The molecule has 0 spiro atoms. The highest BCUT2D eigenvalue weighted by Crippen LogP contribution is 2.18. The lowest BCUT2D eigenvalue weighted by atomic mass is 10.1. The summed E-state index contributed by atoms with van der Waals surface area (Å²) in [5.41, 5.74) is 2.57. The molecule has 31 heavy (non-hydrogen) atoms. The number of benzene rings is 2. The van der Waals surface area contributed by atoms with Crippen molar-refractivity contribution >= 4 is 29.1 Å². The van der Waals surface area contributed by atoms with E-state index in [0.717, 1.165) is 11.1 Å². The molecule has 1 aliphatic rings. The number of amides is 3. The van der Waals surface area contributed by atoms with E-state index in [4.69, 9.17) is 0 Å². The van der Waals surface area contributed by atoms with Crippen molar-refractivity contribution in [2.24, 2.45) is 5.10 Å². The molecule has 2 aromatic carbocycles. The third kappa shape index (κ3) is 5.97. The van der Waals surface area contributed by atoms with E-state index < -0.39 is 0 Å². The van der Waals surface area contributed by atoms with Crippen LogP contribution in [0.2, 0.25) is 0 Å². The second-order valence-electron chi connectivity index (χ2n) is 7.34. The smallest absolute Gasteiger partial charge is 0.267 e. The van der Waals surface area contributed by atoms with Crippen LogP contribution >= 0.6 is 0 Å². The van der Waals surface area contributed by atoms with Crippen LogP contribution in [-0.4, -0.2) is 28.4 Å². The Balaban J connectivity index is 1.63. The van der Waals surface area contributed by atoms with Gasteiger partial charge in [0.15, 0.2) is 0 Å². The number of hydrazone groups is 1. The summed E-state index contributed by atoms with van der Waals surface area (Å²) in [6.45, 7) is 3.81. The molecule has 1 aliphatic heterocycles. The van der Waals surface area contributed by atoms with Gasteiger partial charge in [-0.15, -0.1) is 0 Å². The summed E-state index contributed by atoms with van der Waals surface area (Å²) in [5, 5.41) is 11.2. The van der Waals surface area contributed by atoms with Crippen LogP contribution in [0.4, 0.5) is 10.1 Å². The molecule has 0 saturated carbocycles. The number of halogens is 1. The topological polar surface area (TPSA) is 90.9 Å². The molecule has 3 amide bonds. The van der Waals surface area contributed by atoms with Gasteiger partial charge in [-0.2, -0.15) is 5.10 Å². The van der Waals surface area contributed by atoms with Gasteiger partial charge in [-0.1, -0.05) is 31.2 Å². The molecule has 1 heterocycles. The van der Waals surface area contributed by atoms with Crippen LogP contribution < -0.4 is 10.6 Å². The molecule has 0 bridgehead atoms. The molecule has 0 aromatic heterocycles. The van der Waals surface area contributed by atoms with Crippen molar-refractivity contribution in [3.8, 4) is 0 Å². The first-order chi connectivity index (χ1) is 14.9. The zero-order valence-electron chi connectivity index (χ0n) is 17.5. The van der Waals surface area contributed by atoms with Crippen LogP contribution in [0.15, 0.2) is 53.6 Å². The first-order valence-corrected chi connectivity index (χ1v) is 10.2. The van der Waals surface area contributed by atoms with E-state index in [9.17, 15) is 18.8 Å². The van der Waals surface area contributed by atoms with Gasteiger partial charge in [0.25, 0.3) is 5.91 Å². The Bertz CT molecular complexity index is 987. The van der Waals surface area contributed by atoms with Crippen molar-refractivity contribution in [2.75, 3.05) is 5.32 Å². The third-order valence-corrected chi connectivity index (χ3v) is 4.98. The first kappa shape index (κ1) is 22.1. The van der Waals surface area contributed by atoms with Crippen LogP contribution in [0.25, 0.3) is 0 Å². The lowest BCUT2D eigenvalue weighted by Crippen LogP contribution is -2.39. The lowest BCUT2D eigenvalue weighted by Gasteiger charge is -2.24. The minimum Gasteiger partial charge on any atom is -0.344 e. The molecular formula is C23H25FN4O3. The number of nitrogens with one attached hydrogen (secondary N) is 2. The average molecular weight is 424 g/mol. The monoisotopic (exact) mass is 424 g/mol. The molecule has 2 aromatic rings. The van der Waals surface area contributed by atoms with Gasteiger partial charge in [0.1, 0.15) is 11.5 Å². The Morgan fingerprint density at radius 3 is 2.42 bits per heavy atom. The maximum atomic E-state index is 13.1. The number of carbonyl (C=O) groups excluding carboxylic acids is 3. The Labute approximate surface area is 180 Å². The summed E-state index contributed by atoms with van der Waals surface area (Å²) in [7, 11) is 0. The second-order valence-corrected chi connectivity index (χ2v) is 7.34. The van der Waals surface area contributed by atoms with Crippen molar-refractivity contribution < 1.29 is 18.8 Å². The molecular weight excluding hydrogens is 399 g/mol. The minimum atomic E-state index is -0.355. The van der Waals surface area contributed by atoms with Gasteiger partial charge in [0, 0.05) is 24.9 Å². The highest BCUT2D eigenvalue weighted by Gasteiger charge is 2.25. The van der Waals surface area contributed by atoms with Gasteiger partial charge >= 0.3 is 0 Å². The Morgan fingerprint density at radius 2 is 1.77 bits per heavy atom. The molecule has 3 rings (SSSR count). The van der Waals surface area contributed by atoms with E-state index in [1.165, 1.54) is 17.1 Å². The fourth-order valence-corrected chi connectivity index (χ4v) is 3.12. The van der Waals surface area contributed by atoms with Crippen molar-refractivity contribution in [2.45, 2.75) is 45.7 Å². The van der Waals surface area contributed by atoms with Crippen molar-refractivity contribution in [1.82, 2.24) is 10.3 Å². The summed E-state index contributed by atoms with van der Waals surface area (Å²) >= 11 is 0. The zero-order valence-corrected chi connectivity index (χ0v) is 17.5. The van der Waals surface area contributed by atoms with Gasteiger partial charge in [-0.3, -0.25) is 14.4 Å². The summed E-state index contributed by atoms with van der Waals surface area (Å²) in [4.78, 5) is 36.4. The number of rotatable bonds is 7. The van der Waals surface area contributed by atoms with E-state index in [0.29, 0.717) is 12.1 Å². The SMILES string of the molecule is CCC(=O)Nc1ccc(C(C)NC(=O)C2=NN(Cc3ccc(F)cc3)C(=O)CC2)cc1. The number of hydrogen-bond acceptors (Lipinski definition) is 4. The van der Waals surface area contributed by atoms with Crippen LogP contribution in [-0.2, 0) is 20.9 Å². The second kappa shape index (κ2) is 9.97.